The summed E-state index contributed by atoms with van der Waals surface area (Å²) in [7, 11) is 1.56. The molecule has 6 nitrogen and oxygen atoms in total. The second-order valence-corrected chi connectivity index (χ2v) is 7.74. The van der Waals surface area contributed by atoms with Crippen molar-refractivity contribution in [1.82, 2.24) is 5.32 Å². The molecule has 144 valence electrons. The Morgan fingerprint density at radius 2 is 2.04 bits per heavy atom. The van der Waals surface area contributed by atoms with Gasteiger partial charge in [-0.1, -0.05) is 24.3 Å². The average Bonchev–Trinajstić information content (AvgIpc) is 3.13. The molecule has 0 aromatic heterocycles. The van der Waals surface area contributed by atoms with E-state index in [2.05, 4.69) is 5.32 Å². The van der Waals surface area contributed by atoms with E-state index in [1.54, 1.807) is 31.4 Å². The summed E-state index contributed by atoms with van der Waals surface area (Å²) >= 11 is 0. The number of methoxy groups -OCH3 is 1. The second-order valence-electron chi connectivity index (χ2n) is 7.74. The number of carbonyl (C=O) groups is 2. The molecule has 1 aliphatic heterocycles. The molecular formula is C22H21NO5. The van der Waals surface area contributed by atoms with Gasteiger partial charge in [0.1, 0.15) is 0 Å². The van der Waals surface area contributed by atoms with Crippen molar-refractivity contribution < 1.29 is 24.2 Å². The second kappa shape index (κ2) is 6.07. The van der Waals surface area contributed by atoms with Gasteiger partial charge in [0.2, 0.25) is 0 Å². The van der Waals surface area contributed by atoms with Gasteiger partial charge >= 0.3 is 0 Å². The van der Waals surface area contributed by atoms with Crippen LogP contribution < -0.4 is 14.8 Å². The lowest BCUT2D eigenvalue weighted by atomic mass is 9.62. The number of ether oxygens (including phenoxy) is 2. The molecule has 3 aliphatic rings. The predicted octanol–water partition coefficient (Wildman–Crippen LogP) is 1.99. The average molecular weight is 379 g/mol. The van der Waals surface area contributed by atoms with Crippen LogP contribution in [0.5, 0.6) is 11.5 Å². The first-order chi connectivity index (χ1) is 13.5. The summed E-state index contributed by atoms with van der Waals surface area (Å²) in [6.45, 7) is 0. The van der Waals surface area contributed by atoms with Crippen LogP contribution in [0.2, 0.25) is 0 Å². The fraction of sp³-hybridized carbons (Fsp3) is 0.364. The Hall–Kier alpha value is -2.86. The summed E-state index contributed by atoms with van der Waals surface area (Å²) in [5.41, 5.74) is 1.12. The van der Waals surface area contributed by atoms with Crippen LogP contribution >= 0.6 is 0 Å². The molecule has 1 saturated carbocycles. The molecule has 5 rings (SSSR count). The lowest BCUT2D eigenvalue weighted by molar-refractivity contribution is -0.140. The van der Waals surface area contributed by atoms with Crippen LogP contribution in [-0.4, -0.2) is 41.7 Å². The van der Waals surface area contributed by atoms with Gasteiger partial charge in [-0.2, -0.15) is 0 Å². The highest BCUT2D eigenvalue weighted by molar-refractivity contribution is 5.94. The third-order valence-electron chi connectivity index (χ3n) is 6.33. The third kappa shape index (κ3) is 2.31. The van der Waals surface area contributed by atoms with E-state index in [1.807, 2.05) is 18.2 Å². The summed E-state index contributed by atoms with van der Waals surface area (Å²) in [5.74, 6) is 0.368. The van der Waals surface area contributed by atoms with E-state index >= 15 is 0 Å². The molecular weight excluding hydrogens is 358 g/mol. The lowest BCUT2D eigenvalue weighted by Crippen LogP contribution is -2.63. The number of hydrogen-bond acceptors (Lipinski definition) is 5. The number of amides is 1. The molecule has 1 heterocycles. The lowest BCUT2D eigenvalue weighted by Gasteiger charge is -2.48. The van der Waals surface area contributed by atoms with Crippen molar-refractivity contribution in [1.29, 1.82) is 0 Å². The minimum absolute atomic E-state index is 0.0195. The SMILES string of the molecule is COc1ccc2c3c1O[C@@H]1C(=O)CC[C@@](O)(C31)[C@@H](NC(=O)c1ccccc1)C2. The highest BCUT2D eigenvalue weighted by atomic mass is 16.5. The van der Waals surface area contributed by atoms with Crippen molar-refractivity contribution in [3.8, 4) is 11.5 Å². The zero-order valence-corrected chi connectivity index (χ0v) is 15.5. The first kappa shape index (κ1) is 17.3. The first-order valence-corrected chi connectivity index (χ1v) is 9.50. The Morgan fingerprint density at radius 1 is 1.25 bits per heavy atom. The van der Waals surface area contributed by atoms with Crippen LogP contribution in [0.15, 0.2) is 42.5 Å². The molecule has 0 saturated heterocycles. The molecule has 4 atom stereocenters. The van der Waals surface area contributed by atoms with Crippen molar-refractivity contribution in [2.45, 2.75) is 42.9 Å². The number of Topliss-reactive ketones (excluding diaryl/α,β-unsaturated/α-hetero) is 1. The molecule has 2 aliphatic carbocycles. The normalized spacial score (nSPS) is 29.6. The van der Waals surface area contributed by atoms with Gasteiger partial charge in [0.05, 0.1) is 24.7 Å². The van der Waals surface area contributed by atoms with Crippen LogP contribution in [0.3, 0.4) is 0 Å². The zero-order valence-electron chi connectivity index (χ0n) is 15.5. The Labute approximate surface area is 162 Å². The molecule has 0 spiro atoms. The van der Waals surface area contributed by atoms with Crippen molar-refractivity contribution in [3.63, 3.8) is 0 Å². The van der Waals surface area contributed by atoms with Gasteiger partial charge in [0.25, 0.3) is 5.91 Å². The van der Waals surface area contributed by atoms with Gasteiger partial charge in [-0.25, -0.2) is 0 Å². The van der Waals surface area contributed by atoms with Crippen molar-refractivity contribution >= 4 is 11.7 Å². The summed E-state index contributed by atoms with van der Waals surface area (Å²) < 4.78 is 11.4. The number of aliphatic hydroxyl groups is 1. The van der Waals surface area contributed by atoms with E-state index in [9.17, 15) is 14.7 Å². The van der Waals surface area contributed by atoms with Crippen molar-refractivity contribution in [2.75, 3.05) is 7.11 Å². The molecule has 0 bridgehead atoms. The van der Waals surface area contributed by atoms with Gasteiger partial charge in [-0.15, -0.1) is 0 Å². The number of hydrogen-bond donors (Lipinski definition) is 2. The summed E-state index contributed by atoms with van der Waals surface area (Å²) in [6.07, 6.45) is 0.260. The molecule has 2 N–H and O–H groups in total. The Bertz CT molecular complexity index is 972. The first-order valence-electron chi connectivity index (χ1n) is 9.50. The summed E-state index contributed by atoms with van der Waals surface area (Å²) in [6, 6.07) is 12.2. The summed E-state index contributed by atoms with van der Waals surface area (Å²) in [4.78, 5) is 25.3. The number of rotatable bonds is 3. The van der Waals surface area contributed by atoms with Crippen LogP contribution in [0, 0.1) is 0 Å². The molecule has 2 aromatic rings. The Kier molecular flexibility index (Phi) is 3.74. The molecule has 28 heavy (non-hydrogen) atoms. The van der Waals surface area contributed by atoms with E-state index < -0.39 is 23.7 Å². The largest absolute Gasteiger partial charge is 0.493 e. The molecule has 0 radical (unpaired) electrons. The maximum absolute atomic E-state index is 12.8. The fourth-order valence-electron chi connectivity index (χ4n) is 4.95. The Morgan fingerprint density at radius 3 is 2.79 bits per heavy atom. The van der Waals surface area contributed by atoms with E-state index in [-0.39, 0.29) is 18.1 Å². The summed E-state index contributed by atoms with van der Waals surface area (Å²) in [5, 5.41) is 14.7. The highest BCUT2D eigenvalue weighted by Crippen LogP contribution is 2.57. The minimum atomic E-state index is -1.24. The zero-order chi connectivity index (χ0) is 19.5. The molecule has 1 fully saturated rings. The van der Waals surface area contributed by atoms with E-state index in [1.165, 1.54) is 0 Å². The Balaban J connectivity index is 1.57. The number of benzene rings is 2. The maximum Gasteiger partial charge on any atom is 0.251 e. The molecule has 6 heteroatoms. The quantitative estimate of drug-likeness (QED) is 0.852. The van der Waals surface area contributed by atoms with Crippen molar-refractivity contribution in [3.05, 3.63) is 59.2 Å². The maximum atomic E-state index is 12.8. The number of nitrogens with one attached hydrogen (secondary N) is 1. The fourth-order valence-corrected chi connectivity index (χ4v) is 4.95. The molecule has 1 amide bonds. The van der Waals surface area contributed by atoms with Crippen LogP contribution in [0.1, 0.15) is 40.2 Å². The highest BCUT2D eigenvalue weighted by Gasteiger charge is 2.61. The van der Waals surface area contributed by atoms with E-state index in [0.29, 0.717) is 29.9 Å². The monoisotopic (exact) mass is 379 g/mol. The van der Waals surface area contributed by atoms with Crippen LogP contribution in [-0.2, 0) is 11.2 Å². The van der Waals surface area contributed by atoms with Gasteiger partial charge in [0.15, 0.2) is 23.4 Å². The van der Waals surface area contributed by atoms with Crippen LogP contribution in [0.4, 0.5) is 0 Å². The minimum Gasteiger partial charge on any atom is -0.493 e. The van der Waals surface area contributed by atoms with Gasteiger partial charge < -0.3 is 19.9 Å². The third-order valence-corrected chi connectivity index (χ3v) is 6.33. The van der Waals surface area contributed by atoms with Crippen LogP contribution in [0.25, 0.3) is 0 Å². The predicted molar refractivity (Wildman–Crippen MR) is 101 cm³/mol. The topological polar surface area (TPSA) is 84.9 Å². The van der Waals surface area contributed by atoms with E-state index in [0.717, 1.165) is 11.1 Å². The van der Waals surface area contributed by atoms with Crippen molar-refractivity contribution in [2.24, 2.45) is 0 Å². The standard InChI is InChI=1S/C22H21NO5/c1-27-15-8-7-13-11-16(23-21(25)12-5-3-2-4-6-12)22(26)10-9-14(24)19-18(22)17(13)20(15)28-19/h2-8,16,18-19,26H,9-11H2,1H3,(H,23,25)/t16-,18?,19+,22-/m0/s1. The molecule has 1 unspecified atom stereocenters. The van der Waals surface area contributed by atoms with Gasteiger partial charge in [-0.3, -0.25) is 9.59 Å². The van der Waals surface area contributed by atoms with Gasteiger partial charge in [-0.05, 0) is 36.6 Å². The van der Waals surface area contributed by atoms with E-state index in [4.69, 9.17) is 9.47 Å². The smallest absolute Gasteiger partial charge is 0.251 e. The number of ketones is 1. The van der Waals surface area contributed by atoms with Gasteiger partial charge in [0, 0.05) is 17.5 Å². The number of carbonyl (C=O) groups excluding carboxylic acids is 2. The molecule has 2 aromatic carbocycles.